The molecular formula is C17H28N2O2. The van der Waals surface area contributed by atoms with Gasteiger partial charge < -0.3 is 14.8 Å². The number of aryl methyl sites for hydroxylation is 1. The minimum atomic E-state index is 0.770. The number of ether oxygens (including phenoxy) is 2. The van der Waals surface area contributed by atoms with Crippen LogP contribution in [0.2, 0.25) is 0 Å². The largest absolute Gasteiger partial charge is 0.493 e. The number of benzene rings is 1. The summed E-state index contributed by atoms with van der Waals surface area (Å²) >= 11 is 0. The molecule has 0 aromatic heterocycles. The molecule has 21 heavy (non-hydrogen) atoms. The van der Waals surface area contributed by atoms with Crippen molar-refractivity contribution in [3.05, 3.63) is 29.8 Å². The molecule has 0 amide bonds. The summed E-state index contributed by atoms with van der Waals surface area (Å²) in [4.78, 5) is 2.46. The van der Waals surface area contributed by atoms with Gasteiger partial charge in [0.2, 0.25) is 0 Å². The molecule has 4 nitrogen and oxygen atoms in total. The van der Waals surface area contributed by atoms with E-state index in [0.29, 0.717) is 0 Å². The summed E-state index contributed by atoms with van der Waals surface area (Å²) in [6, 6.07) is 8.16. The van der Waals surface area contributed by atoms with Gasteiger partial charge in [0.1, 0.15) is 5.75 Å². The van der Waals surface area contributed by atoms with Gasteiger partial charge in [-0.15, -0.1) is 0 Å². The molecule has 0 spiro atoms. The number of nitrogens with one attached hydrogen (secondary N) is 1. The molecule has 0 atom stereocenters. The van der Waals surface area contributed by atoms with Crippen LogP contribution in [-0.2, 0) is 4.74 Å². The third kappa shape index (κ3) is 6.46. The van der Waals surface area contributed by atoms with Crippen molar-refractivity contribution in [2.75, 3.05) is 52.5 Å². The fraction of sp³-hybridized carbons (Fsp3) is 0.647. The van der Waals surface area contributed by atoms with Crippen molar-refractivity contribution in [1.29, 1.82) is 0 Å². The first-order chi connectivity index (χ1) is 10.4. The fourth-order valence-electron chi connectivity index (χ4n) is 2.44. The summed E-state index contributed by atoms with van der Waals surface area (Å²) in [5, 5.41) is 3.36. The van der Waals surface area contributed by atoms with Crippen LogP contribution in [0.4, 0.5) is 0 Å². The van der Waals surface area contributed by atoms with Crippen molar-refractivity contribution in [2.24, 2.45) is 0 Å². The number of hydrogen-bond donors (Lipinski definition) is 1. The maximum atomic E-state index is 5.77. The van der Waals surface area contributed by atoms with Crippen molar-refractivity contribution in [3.63, 3.8) is 0 Å². The van der Waals surface area contributed by atoms with E-state index < -0.39 is 0 Å². The van der Waals surface area contributed by atoms with Crippen LogP contribution in [0, 0.1) is 6.92 Å². The molecule has 1 aliphatic rings. The molecule has 1 N–H and O–H groups in total. The predicted molar refractivity (Wildman–Crippen MR) is 86.0 cm³/mol. The monoisotopic (exact) mass is 292 g/mol. The predicted octanol–water partition coefficient (Wildman–Crippen LogP) is 2.08. The molecule has 0 unspecified atom stereocenters. The molecule has 1 heterocycles. The van der Waals surface area contributed by atoms with Gasteiger partial charge in [0.05, 0.1) is 13.2 Å². The Labute approximate surface area is 128 Å². The molecule has 0 aliphatic carbocycles. The number of rotatable bonds is 9. The average Bonchev–Trinajstić information content (AvgIpc) is 2.52. The molecule has 1 aliphatic heterocycles. The number of nitrogens with zero attached hydrogens (tertiary/aromatic N) is 1. The highest BCUT2D eigenvalue weighted by molar-refractivity contribution is 5.31. The van der Waals surface area contributed by atoms with Crippen molar-refractivity contribution in [2.45, 2.75) is 19.8 Å². The smallest absolute Gasteiger partial charge is 0.122 e. The lowest BCUT2D eigenvalue weighted by atomic mass is 10.2. The van der Waals surface area contributed by atoms with Crippen molar-refractivity contribution >= 4 is 0 Å². The molecule has 1 aromatic carbocycles. The number of piperazine rings is 1. The summed E-state index contributed by atoms with van der Waals surface area (Å²) < 4.78 is 11.5. The molecule has 0 radical (unpaired) electrons. The minimum Gasteiger partial charge on any atom is -0.493 e. The van der Waals surface area contributed by atoms with E-state index in [-0.39, 0.29) is 0 Å². The molecule has 2 rings (SSSR count). The van der Waals surface area contributed by atoms with E-state index in [4.69, 9.17) is 9.47 Å². The van der Waals surface area contributed by atoms with Gasteiger partial charge in [0.25, 0.3) is 0 Å². The van der Waals surface area contributed by atoms with Crippen LogP contribution in [0.5, 0.6) is 5.75 Å². The van der Waals surface area contributed by atoms with Gasteiger partial charge in [0, 0.05) is 39.3 Å². The zero-order valence-electron chi connectivity index (χ0n) is 13.1. The SMILES string of the molecule is Cc1ccccc1OCCCCOCCN1CCNCC1. The van der Waals surface area contributed by atoms with Gasteiger partial charge in [-0.05, 0) is 31.4 Å². The second-order valence-electron chi connectivity index (χ2n) is 5.53. The quantitative estimate of drug-likeness (QED) is 0.707. The normalized spacial score (nSPS) is 16.0. The molecule has 0 bridgehead atoms. The molecule has 1 fully saturated rings. The van der Waals surface area contributed by atoms with Crippen LogP contribution in [0.3, 0.4) is 0 Å². The van der Waals surface area contributed by atoms with Gasteiger partial charge in [0.15, 0.2) is 0 Å². The Morgan fingerprint density at radius 2 is 1.81 bits per heavy atom. The van der Waals surface area contributed by atoms with Crippen molar-refractivity contribution in [1.82, 2.24) is 10.2 Å². The van der Waals surface area contributed by atoms with Gasteiger partial charge in [-0.2, -0.15) is 0 Å². The molecule has 1 aromatic rings. The van der Waals surface area contributed by atoms with Gasteiger partial charge >= 0.3 is 0 Å². The first kappa shape index (κ1) is 16.3. The maximum Gasteiger partial charge on any atom is 0.122 e. The van der Waals surface area contributed by atoms with Crippen LogP contribution in [0.1, 0.15) is 18.4 Å². The lowest BCUT2D eigenvalue weighted by Gasteiger charge is -2.26. The topological polar surface area (TPSA) is 33.7 Å². The first-order valence-electron chi connectivity index (χ1n) is 8.05. The van der Waals surface area contributed by atoms with Gasteiger partial charge in [-0.3, -0.25) is 4.90 Å². The lowest BCUT2D eigenvalue weighted by Crippen LogP contribution is -2.44. The Morgan fingerprint density at radius 1 is 1.05 bits per heavy atom. The second-order valence-corrected chi connectivity index (χ2v) is 5.53. The number of unbranched alkanes of at least 4 members (excludes halogenated alkanes) is 1. The maximum absolute atomic E-state index is 5.77. The number of hydrogen-bond acceptors (Lipinski definition) is 4. The Kier molecular flexibility index (Phi) is 7.57. The highest BCUT2D eigenvalue weighted by atomic mass is 16.5. The second kappa shape index (κ2) is 9.77. The zero-order valence-corrected chi connectivity index (χ0v) is 13.1. The van der Waals surface area contributed by atoms with Crippen LogP contribution in [0.25, 0.3) is 0 Å². The Bertz CT molecular complexity index is 392. The summed E-state index contributed by atoms with van der Waals surface area (Å²) in [7, 11) is 0. The van der Waals surface area contributed by atoms with Crippen LogP contribution < -0.4 is 10.1 Å². The standard InChI is InChI=1S/C17H28N2O2/c1-16-6-2-3-7-17(16)21-14-5-4-13-20-15-12-19-10-8-18-9-11-19/h2-3,6-7,18H,4-5,8-15H2,1H3. The summed E-state index contributed by atoms with van der Waals surface area (Å²) in [5.74, 6) is 0.997. The van der Waals surface area contributed by atoms with E-state index in [1.165, 1.54) is 5.56 Å². The Morgan fingerprint density at radius 3 is 2.62 bits per heavy atom. The molecular weight excluding hydrogens is 264 g/mol. The Balaban J connectivity index is 1.42. The van der Waals surface area contributed by atoms with Crippen molar-refractivity contribution in [3.8, 4) is 5.75 Å². The average molecular weight is 292 g/mol. The first-order valence-corrected chi connectivity index (χ1v) is 8.05. The number of para-hydroxylation sites is 1. The summed E-state index contributed by atoms with van der Waals surface area (Å²) in [6.45, 7) is 10.1. The fourth-order valence-corrected chi connectivity index (χ4v) is 2.44. The van der Waals surface area contributed by atoms with E-state index >= 15 is 0 Å². The van der Waals surface area contributed by atoms with Gasteiger partial charge in [-0.25, -0.2) is 0 Å². The third-order valence-electron chi connectivity index (χ3n) is 3.80. The van der Waals surface area contributed by atoms with E-state index in [0.717, 1.165) is 71.1 Å². The van der Waals surface area contributed by atoms with E-state index in [2.05, 4.69) is 23.2 Å². The molecule has 1 saturated heterocycles. The lowest BCUT2D eigenvalue weighted by molar-refractivity contribution is 0.0943. The molecule has 4 heteroatoms. The molecule has 118 valence electrons. The van der Waals surface area contributed by atoms with Crippen molar-refractivity contribution < 1.29 is 9.47 Å². The van der Waals surface area contributed by atoms with Crippen LogP contribution in [-0.4, -0.2) is 57.4 Å². The summed E-state index contributed by atoms with van der Waals surface area (Å²) in [6.07, 6.45) is 2.11. The molecule has 0 saturated carbocycles. The Hall–Kier alpha value is -1.10. The minimum absolute atomic E-state index is 0.770. The van der Waals surface area contributed by atoms with E-state index in [9.17, 15) is 0 Å². The van der Waals surface area contributed by atoms with E-state index in [1.54, 1.807) is 0 Å². The highest BCUT2D eigenvalue weighted by Gasteiger charge is 2.08. The van der Waals surface area contributed by atoms with E-state index in [1.807, 2.05) is 18.2 Å². The third-order valence-corrected chi connectivity index (χ3v) is 3.80. The highest BCUT2D eigenvalue weighted by Crippen LogP contribution is 2.16. The van der Waals surface area contributed by atoms with Gasteiger partial charge in [-0.1, -0.05) is 18.2 Å². The van der Waals surface area contributed by atoms with Crippen LogP contribution in [0.15, 0.2) is 24.3 Å². The summed E-state index contributed by atoms with van der Waals surface area (Å²) in [5.41, 5.74) is 1.20. The van der Waals surface area contributed by atoms with Crippen LogP contribution >= 0.6 is 0 Å². The zero-order chi connectivity index (χ0) is 14.8.